The highest BCUT2D eigenvalue weighted by atomic mass is 35.5. The van der Waals surface area contributed by atoms with Gasteiger partial charge in [-0.25, -0.2) is 14.8 Å². The highest BCUT2D eigenvalue weighted by Gasteiger charge is 2.28. The Balaban J connectivity index is 1.73. The SMILES string of the molecule is CC(C)(C)Nc1ncc2nc(Nc3ccc(Cl)cc3)n(C3CCN(C(=O)O)CC3)c2n1. The van der Waals surface area contributed by atoms with Gasteiger partial charge in [-0.15, -0.1) is 0 Å². The number of amides is 1. The molecule has 164 valence electrons. The van der Waals surface area contributed by atoms with Gasteiger partial charge in [-0.3, -0.25) is 4.57 Å². The van der Waals surface area contributed by atoms with Crippen LogP contribution in [0.1, 0.15) is 39.7 Å². The first-order chi connectivity index (χ1) is 14.7. The Kier molecular flexibility index (Phi) is 5.62. The third kappa shape index (κ3) is 4.82. The van der Waals surface area contributed by atoms with Crippen molar-refractivity contribution in [3.63, 3.8) is 0 Å². The summed E-state index contributed by atoms with van der Waals surface area (Å²) in [6.07, 6.45) is 2.19. The Morgan fingerprint density at radius 3 is 2.45 bits per heavy atom. The number of fused-ring (bicyclic) bond motifs is 1. The van der Waals surface area contributed by atoms with Crippen LogP contribution in [0, 0.1) is 0 Å². The van der Waals surface area contributed by atoms with E-state index in [-0.39, 0.29) is 11.6 Å². The fraction of sp³-hybridized carbons (Fsp3) is 0.429. The van der Waals surface area contributed by atoms with Crippen molar-refractivity contribution in [1.82, 2.24) is 24.4 Å². The first kappa shape index (κ1) is 21.2. The number of nitrogens with zero attached hydrogens (tertiary/aromatic N) is 5. The number of likely N-dealkylation sites (tertiary alicyclic amines) is 1. The van der Waals surface area contributed by atoms with Crippen molar-refractivity contribution >= 4 is 46.4 Å². The highest BCUT2D eigenvalue weighted by Crippen LogP contribution is 2.32. The van der Waals surface area contributed by atoms with Crippen LogP contribution in [0.4, 0.5) is 22.4 Å². The zero-order valence-electron chi connectivity index (χ0n) is 17.8. The van der Waals surface area contributed by atoms with E-state index in [1.807, 2.05) is 45.0 Å². The average Bonchev–Trinajstić information content (AvgIpc) is 3.05. The van der Waals surface area contributed by atoms with E-state index in [9.17, 15) is 9.90 Å². The number of carboxylic acid groups (broad SMARTS) is 1. The van der Waals surface area contributed by atoms with E-state index >= 15 is 0 Å². The van der Waals surface area contributed by atoms with E-state index in [0.29, 0.717) is 54.0 Å². The second-order valence-corrected chi connectivity index (χ2v) is 9.15. The summed E-state index contributed by atoms with van der Waals surface area (Å²) >= 11 is 6.01. The van der Waals surface area contributed by atoms with Crippen LogP contribution in [0.15, 0.2) is 30.5 Å². The number of piperidine rings is 1. The molecule has 1 fully saturated rings. The molecule has 0 aliphatic carbocycles. The molecular weight excluding hydrogens is 418 g/mol. The van der Waals surface area contributed by atoms with Gasteiger partial charge in [-0.2, -0.15) is 4.98 Å². The van der Waals surface area contributed by atoms with E-state index in [4.69, 9.17) is 21.6 Å². The maximum absolute atomic E-state index is 11.3. The van der Waals surface area contributed by atoms with Crippen molar-refractivity contribution in [2.24, 2.45) is 0 Å². The van der Waals surface area contributed by atoms with Crippen LogP contribution in [0.2, 0.25) is 5.02 Å². The van der Waals surface area contributed by atoms with Crippen molar-refractivity contribution in [3.8, 4) is 0 Å². The Labute approximate surface area is 185 Å². The van der Waals surface area contributed by atoms with Crippen molar-refractivity contribution in [1.29, 1.82) is 0 Å². The third-order valence-electron chi connectivity index (χ3n) is 5.12. The average molecular weight is 444 g/mol. The van der Waals surface area contributed by atoms with E-state index in [1.165, 1.54) is 4.90 Å². The van der Waals surface area contributed by atoms with Gasteiger partial charge in [0.1, 0.15) is 5.52 Å². The van der Waals surface area contributed by atoms with E-state index in [1.54, 1.807) is 6.20 Å². The molecule has 3 N–H and O–H groups in total. The van der Waals surface area contributed by atoms with E-state index in [0.717, 1.165) is 5.69 Å². The molecule has 0 bridgehead atoms. The summed E-state index contributed by atoms with van der Waals surface area (Å²) in [5.74, 6) is 1.18. The zero-order chi connectivity index (χ0) is 22.2. The molecule has 0 saturated carbocycles. The molecule has 10 heteroatoms. The minimum atomic E-state index is -0.882. The summed E-state index contributed by atoms with van der Waals surface area (Å²) in [7, 11) is 0. The van der Waals surface area contributed by atoms with E-state index in [2.05, 4.69) is 20.2 Å². The standard InChI is InChI=1S/C21H26ClN7O2/c1-21(2,3)27-18-23-12-16-17(26-18)29(15-8-10-28(11-9-15)20(30)31)19(25-16)24-14-6-4-13(22)5-7-14/h4-7,12,15H,8-11H2,1-3H3,(H,24,25)(H,30,31)(H,23,26,27). The van der Waals surface area contributed by atoms with Gasteiger partial charge >= 0.3 is 6.09 Å². The van der Waals surface area contributed by atoms with Gasteiger partial charge < -0.3 is 20.6 Å². The van der Waals surface area contributed by atoms with Crippen LogP contribution in [0.25, 0.3) is 11.2 Å². The van der Waals surface area contributed by atoms with Crippen molar-refractivity contribution in [3.05, 3.63) is 35.5 Å². The van der Waals surface area contributed by atoms with Crippen molar-refractivity contribution < 1.29 is 9.90 Å². The van der Waals surface area contributed by atoms with Gasteiger partial charge in [0.15, 0.2) is 5.65 Å². The van der Waals surface area contributed by atoms with Crippen LogP contribution in [0.5, 0.6) is 0 Å². The fourth-order valence-corrected chi connectivity index (χ4v) is 3.82. The predicted molar refractivity (Wildman–Crippen MR) is 121 cm³/mol. The largest absolute Gasteiger partial charge is 0.465 e. The molecule has 1 aliphatic heterocycles. The molecule has 9 nitrogen and oxygen atoms in total. The summed E-state index contributed by atoms with van der Waals surface area (Å²) in [6, 6.07) is 7.46. The molecule has 1 saturated heterocycles. The maximum Gasteiger partial charge on any atom is 0.407 e. The number of halogens is 1. The van der Waals surface area contributed by atoms with Crippen molar-refractivity contribution in [2.45, 2.75) is 45.2 Å². The Morgan fingerprint density at radius 2 is 1.84 bits per heavy atom. The number of nitrogens with one attached hydrogen (secondary N) is 2. The van der Waals surface area contributed by atoms with Gasteiger partial charge in [0.25, 0.3) is 0 Å². The first-order valence-electron chi connectivity index (χ1n) is 10.2. The third-order valence-corrected chi connectivity index (χ3v) is 5.37. The summed E-state index contributed by atoms with van der Waals surface area (Å²) in [5, 5.41) is 16.6. The number of rotatable bonds is 4. The van der Waals surface area contributed by atoms with Crippen molar-refractivity contribution in [2.75, 3.05) is 23.7 Å². The molecule has 4 rings (SSSR count). The van der Waals surface area contributed by atoms with Crippen LogP contribution >= 0.6 is 11.6 Å². The van der Waals surface area contributed by atoms with Crippen LogP contribution in [-0.4, -0.2) is 54.2 Å². The predicted octanol–water partition coefficient (Wildman–Crippen LogP) is 4.75. The van der Waals surface area contributed by atoms with Crippen LogP contribution in [-0.2, 0) is 0 Å². The summed E-state index contributed by atoms with van der Waals surface area (Å²) in [5.41, 5.74) is 2.06. The van der Waals surface area contributed by atoms with Crippen LogP contribution in [0.3, 0.4) is 0 Å². The molecule has 0 spiro atoms. The second-order valence-electron chi connectivity index (χ2n) is 8.72. The lowest BCUT2D eigenvalue weighted by atomic mass is 10.1. The topological polar surface area (TPSA) is 108 Å². The van der Waals surface area contributed by atoms with Gasteiger partial charge in [-0.05, 0) is 57.9 Å². The maximum atomic E-state index is 11.3. The Morgan fingerprint density at radius 1 is 1.16 bits per heavy atom. The Bertz CT molecular complexity index is 1080. The smallest absolute Gasteiger partial charge is 0.407 e. The summed E-state index contributed by atoms with van der Waals surface area (Å²) in [4.78, 5) is 26.7. The summed E-state index contributed by atoms with van der Waals surface area (Å²) < 4.78 is 2.07. The van der Waals surface area contributed by atoms with Crippen LogP contribution < -0.4 is 10.6 Å². The second kappa shape index (κ2) is 8.22. The zero-order valence-corrected chi connectivity index (χ0v) is 18.5. The number of imidazole rings is 1. The highest BCUT2D eigenvalue weighted by molar-refractivity contribution is 6.30. The molecule has 2 aromatic heterocycles. The minimum absolute atomic E-state index is 0.0628. The molecule has 1 amide bonds. The number of aromatic nitrogens is 4. The number of anilines is 3. The lowest BCUT2D eigenvalue weighted by molar-refractivity contribution is 0.126. The summed E-state index contributed by atoms with van der Waals surface area (Å²) in [6.45, 7) is 7.09. The molecule has 31 heavy (non-hydrogen) atoms. The molecule has 1 aromatic carbocycles. The van der Waals surface area contributed by atoms with Gasteiger partial charge in [0.05, 0.1) is 6.20 Å². The number of carbonyl (C=O) groups is 1. The molecule has 0 unspecified atom stereocenters. The minimum Gasteiger partial charge on any atom is -0.465 e. The first-order valence-corrected chi connectivity index (χ1v) is 10.6. The Hall–Kier alpha value is -3.07. The molecule has 0 atom stereocenters. The molecule has 1 aliphatic rings. The number of benzene rings is 1. The molecule has 3 aromatic rings. The lowest BCUT2D eigenvalue weighted by Crippen LogP contribution is -2.38. The monoisotopic (exact) mass is 443 g/mol. The van der Waals surface area contributed by atoms with Gasteiger partial charge in [0, 0.05) is 35.4 Å². The fourth-order valence-electron chi connectivity index (χ4n) is 3.70. The van der Waals surface area contributed by atoms with Gasteiger partial charge in [0.2, 0.25) is 11.9 Å². The normalized spacial score (nSPS) is 15.3. The van der Waals surface area contributed by atoms with Gasteiger partial charge in [-0.1, -0.05) is 11.6 Å². The quantitative estimate of drug-likeness (QED) is 0.534. The molecular formula is C21H26ClN7O2. The molecule has 0 radical (unpaired) electrons. The van der Waals surface area contributed by atoms with E-state index < -0.39 is 6.09 Å². The lowest BCUT2D eigenvalue weighted by Gasteiger charge is -2.31. The number of hydrogen-bond acceptors (Lipinski definition) is 6. The molecule has 3 heterocycles. The number of hydrogen-bond donors (Lipinski definition) is 3.